The van der Waals surface area contributed by atoms with E-state index in [1.165, 1.54) is 20.2 Å². The molecule has 14 heteroatoms. The summed E-state index contributed by atoms with van der Waals surface area (Å²) in [4.78, 5) is 17.0. The SMILES string of the molecule is COc1ccc(CN(Cc2ccc(OC)cc2)S(=O)(=O)CCN2C[C@H](C3C=C(C(F)(F)F)C=CC3)N(c3ccc(Oc4ccc(Cl)cc4)cc3)C2=O)cc1. The van der Waals surface area contributed by atoms with Gasteiger partial charge in [-0.1, -0.05) is 54.1 Å². The topological polar surface area (TPSA) is 88.6 Å². The van der Waals surface area contributed by atoms with Gasteiger partial charge in [-0.15, -0.1) is 0 Å². The van der Waals surface area contributed by atoms with Crippen LogP contribution in [0.15, 0.2) is 121 Å². The fourth-order valence-corrected chi connectivity index (χ4v) is 7.98. The molecule has 0 bridgehead atoms. The first-order valence-electron chi connectivity index (χ1n) is 17.1. The predicted octanol–water partition coefficient (Wildman–Crippen LogP) is 8.86. The molecule has 1 heterocycles. The molecule has 1 aliphatic heterocycles. The zero-order chi connectivity index (χ0) is 38.5. The smallest absolute Gasteiger partial charge is 0.416 e. The first-order valence-corrected chi connectivity index (χ1v) is 19.1. The van der Waals surface area contributed by atoms with Crippen LogP contribution in [0.25, 0.3) is 0 Å². The maximum atomic E-state index is 14.1. The number of hydrogen-bond donors (Lipinski definition) is 0. The predicted molar refractivity (Wildman–Crippen MR) is 202 cm³/mol. The van der Waals surface area contributed by atoms with Crippen LogP contribution in [0.3, 0.4) is 0 Å². The Morgan fingerprint density at radius 2 is 1.31 bits per heavy atom. The third-order valence-electron chi connectivity index (χ3n) is 9.35. The molecule has 4 aromatic carbocycles. The number of carbonyl (C=O) groups excluding carboxylic acids is 1. The molecule has 1 saturated heterocycles. The van der Waals surface area contributed by atoms with Crippen LogP contribution in [-0.2, 0) is 23.1 Å². The fourth-order valence-electron chi connectivity index (χ4n) is 6.45. The van der Waals surface area contributed by atoms with Gasteiger partial charge in [-0.05, 0) is 90.3 Å². The molecular formula is C40H39ClF3N3O6S. The Bertz CT molecular complexity index is 2030. The number of rotatable bonds is 14. The monoisotopic (exact) mass is 781 g/mol. The highest BCUT2D eigenvalue weighted by atomic mass is 35.5. The number of urea groups is 1. The Balaban J connectivity index is 1.24. The molecule has 1 unspecified atom stereocenters. The van der Waals surface area contributed by atoms with Crippen molar-refractivity contribution < 1.29 is 40.6 Å². The van der Waals surface area contributed by atoms with E-state index in [0.29, 0.717) is 33.7 Å². The van der Waals surface area contributed by atoms with Gasteiger partial charge in [0.15, 0.2) is 0 Å². The Morgan fingerprint density at radius 1 is 0.796 bits per heavy atom. The Kier molecular flexibility index (Phi) is 11.9. The number of sulfonamides is 1. The minimum Gasteiger partial charge on any atom is -0.497 e. The highest BCUT2D eigenvalue weighted by Gasteiger charge is 2.44. The summed E-state index contributed by atoms with van der Waals surface area (Å²) in [5.74, 6) is 1.19. The molecule has 54 heavy (non-hydrogen) atoms. The molecule has 284 valence electrons. The molecular weight excluding hydrogens is 743 g/mol. The lowest BCUT2D eigenvalue weighted by Crippen LogP contribution is -2.40. The number of alkyl halides is 3. The first kappa shape index (κ1) is 38.7. The van der Waals surface area contributed by atoms with Gasteiger partial charge >= 0.3 is 12.2 Å². The third-order valence-corrected chi connectivity index (χ3v) is 11.3. The van der Waals surface area contributed by atoms with Crippen molar-refractivity contribution in [1.82, 2.24) is 9.21 Å². The Morgan fingerprint density at radius 3 is 1.83 bits per heavy atom. The van der Waals surface area contributed by atoms with Crippen LogP contribution in [0, 0.1) is 5.92 Å². The average Bonchev–Trinajstić information content (AvgIpc) is 3.51. The largest absolute Gasteiger partial charge is 0.497 e. The number of halogens is 4. The molecule has 2 atom stereocenters. The van der Waals surface area contributed by atoms with Gasteiger partial charge in [-0.2, -0.15) is 17.5 Å². The van der Waals surface area contributed by atoms with E-state index in [1.807, 2.05) is 0 Å². The first-order chi connectivity index (χ1) is 25.8. The van der Waals surface area contributed by atoms with Gasteiger partial charge in [-0.3, -0.25) is 4.90 Å². The number of amides is 2. The average molecular weight is 782 g/mol. The van der Waals surface area contributed by atoms with Crippen molar-refractivity contribution in [2.24, 2.45) is 5.92 Å². The number of hydrogen-bond acceptors (Lipinski definition) is 6. The molecule has 1 fully saturated rings. The molecule has 2 amide bonds. The van der Waals surface area contributed by atoms with Crippen molar-refractivity contribution in [1.29, 1.82) is 0 Å². The number of ether oxygens (including phenoxy) is 3. The van der Waals surface area contributed by atoms with Crippen LogP contribution >= 0.6 is 11.6 Å². The van der Waals surface area contributed by atoms with Crippen LogP contribution in [0.5, 0.6) is 23.0 Å². The van der Waals surface area contributed by atoms with E-state index in [-0.39, 0.29) is 32.6 Å². The zero-order valence-electron chi connectivity index (χ0n) is 29.6. The number of nitrogens with zero attached hydrogens (tertiary/aromatic N) is 3. The minimum atomic E-state index is -4.56. The van der Waals surface area contributed by atoms with Crippen LogP contribution in [0.2, 0.25) is 5.02 Å². The van der Waals surface area contributed by atoms with E-state index in [1.54, 1.807) is 111 Å². The number of carbonyl (C=O) groups is 1. The summed E-state index contributed by atoms with van der Waals surface area (Å²) in [5, 5.41) is 0.552. The lowest BCUT2D eigenvalue weighted by atomic mass is 9.88. The second-order valence-electron chi connectivity index (χ2n) is 12.9. The maximum Gasteiger partial charge on any atom is 0.416 e. The second kappa shape index (κ2) is 16.6. The van der Waals surface area contributed by atoms with Crippen molar-refractivity contribution in [3.8, 4) is 23.0 Å². The highest BCUT2D eigenvalue weighted by Crippen LogP contribution is 2.38. The molecule has 0 spiro atoms. The van der Waals surface area contributed by atoms with Gasteiger partial charge in [0.25, 0.3) is 0 Å². The van der Waals surface area contributed by atoms with E-state index in [4.69, 9.17) is 25.8 Å². The second-order valence-corrected chi connectivity index (χ2v) is 15.4. The summed E-state index contributed by atoms with van der Waals surface area (Å²) in [5.41, 5.74) is 1.12. The number of methoxy groups -OCH3 is 2. The molecule has 0 aromatic heterocycles. The number of allylic oxidation sites excluding steroid dienone is 3. The maximum absolute atomic E-state index is 14.1. The lowest BCUT2D eigenvalue weighted by Gasteiger charge is -2.30. The minimum absolute atomic E-state index is 0.0223. The van der Waals surface area contributed by atoms with Crippen molar-refractivity contribution in [2.45, 2.75) is 31.7 Å². The van der Waals surface area contributed by atoms with Crippen molar-refractivity contribution in [3.63, 3.8) is 0 Å². The highest BCUT2D eigenvalue weighted by molar-refractivity contribution is 7.89. The summed E-state index contributed by atoms with van der Waals surface area (Å²) in [6, 6.07) is 26.4. The molecule has 1 aliphatic carbocycles. The molecule has 2 aliphatic rings. The molecule has 4 aromatic rings. The van der Waals surface area contributed by atoms with Crippen molar-refractivity contribution in [2.75, 3.05) is 38.0 Å². The van der Waals surface area contributed by atoms with Gasteiger partial charge in [0, 0.05) is 42.8 Å². The fraction of sp³-hybridized carbons (Fsp3) is 0.275. The number of anilines is 1. The van der Waals surface area contributed by atoms with Crippen LogP contribution in [-0.4, -0.2) is 68.9 Å². The zero-order valence-corrected chi connectivity index (χ0v) is 31.2. The molecule has 0 saturated carbocycles. The van der Waals surface area contributed by atoms with E-state index >= 15 is 0 Å². The van der Waals surface area contributed by atoms with E-state index in [0.717, 1.165) is 23.3 Å². The molecule has 9 nitrogen and oxygen atoms in total. The quantitative estimate of drug-likeness (QED) is 0.127. The summed E-state index contributed by atoms with van der Waals surface area (Å²) in [6.07, 6.45) is -0.619. The summed E-state index contributed by atoms with van der Waals surface area (Å²) in [7, 11) is -0.899. The van der Waals surface area contributed by atoms with Gasteiger partial charge < -0.3 is 19.1 Å². The summed E-state index contributed by atoms with van der Waals surface area (Å²) < 4.78 is 87.4. The van der Waals surface area contributed by atoms with Gasteiger partial charge in [0.05, 0.1) is 31.6 Å². The van der Waals surface area contributed by atoms with Crippen LogP contribution < -0.4 is 19.1 Å². The van der Waals surface area contributed by atoms with E-state index < -0.39 is 45.5 Å². The summed E-state index contributed by atoms with van der Waals surface area (Å²) >= 11 is 5.98. The van der Waals surface area contributed by atoms with Crippen molar-refractivity contribution in [3.05, 3.63) is 137 Å². The van der Waals surface area contributed by atoms with Gasteiger partial charge in [0.1, 0.15) is 23.0 Å². The Labute approximate surface area is 317 Å². The van der Waals surface area contributed by atoms with Crippen LogP contribution in [0.1, 0.15) is 17.5 Å². The van der Waals surface area contributed by atoms with Gasteiger partial charge in [0.2, 0.25) is 10.0 Å². The molecule has 6 rings (SSSR count). The lowest BCUT2D eigenvalue weighted by molar-refractivity contribution is -0.0889. The standard InChI is InChI=1S/C40H39ClF3N3O6S/c1-51-34-14-6-28(7-15-34)25-46(26-29-8-16-35(52-2)17-9-29)54(49,50)23-22-45-27-38(30-4-3-5-31(24-30)40(42,43)44)47(39(45)48)33-12-20-37(21-13-33)53-36-18-10-32(41)11-19-36/h3,5-21,24,30,38H,4,22-23,25-27H2,1-2H3/t30?,38-/m1/s1. The van der Waals surface area contributed by atoms with Gasteiger partial charge in [-0.25, -0.2) is 13.2 Å². The molecule has 0 radical (unpaired) electrons. The Hall–Kier alpha value is -4.98. The summed E-state index contributed by atoms with van der Waals surface area (Å²) in [6.45, 7) is -0.0314. The van der Waals surface area contributed by atoms with Crippen LogP contribution in [0.4, 0.5) is 23.7 Å². The third kappa shape index (κ3) is 9.38. The van der Waals surface area contributed by atoms with Crippen molar-refractivity contribution >= 4 is 33.3 Å². The number of benzene rings is 4. The van der Waals surface area contributed by atoms with E-state index in [9.17, 15) is 26.4 Å². The van der Waals surface area contributed by atoms with E-state index in [2.05, 4.69) is 0 Å². The molecule has 0 N–H and O–H groups in total. The normalized spacial score (nSPS) is 17.5.